The van der Waals surface area contributed by atoms with E-state index < -0.39 is 0 Å². The molecule has 5 heteroatoms. The number of piperidine rings is 1. The molecule has 2 fully saturated rings. The predicted octanol–water partition coefficient (Wildman–Crippen LogP) is 2.69. The van der Waals surface area contributed by atoms with Crippen molar-refractivity contribution in [3.63, 3.8) is 0 Å². The Morgan fingerprint density at radius 1 is 1.12 bits per heavy atom. The van der Waals surface area contributed by atoms with Crippen molar-refractivity contribution in [2.45, 2.75) is 64.3 Å². The van der Waals surface area contributed by atoms with Crippen LogP contribution in [0, 0.1) is 11.8 Å². The number of carbonyl (C=O) groups is 1. The third kappa shape index (κ3) is 6.25. The molecule has 0 spiro atoms. The second kappa shape index (κ2) is 10.2. The summed E-state index contributed by atoms with van der Waals surface area (Å²) in [6, 6.07) is 0.400. The van der Waals surface area contributed by atoms with Crippen LogP contribution < -0.4 is 5.32 Å². The maximum Gasteiger partial charge on any atom is 0.317 e. The highest BCUT2D eigenvalue weighted by Gasteiger charge is 2.26. The van der Waals surface area contributed by atoms with E-state index in [2.05, 4.69) is 17.1 Å². The molecule has 1 saturated carbocycles. The summed E-state index contributed by atoms with van der Waals surface area (Å²) in [5.41, 5.74) is 0. The van der Waals surface area contributed by atoms with Crippen molar-refractivity contribution < 1.29 is 9.90 Å². The third-order valence-corrected chi connectivity index (χ3v) is 6.00. The number of aliphatic hydroxyl groups excluding tert-OH is 1. The Labute approximate surface area is 147 Å². The average molecular weight is 340 g/mol. The molecule has 0 aromatic rings. The number of amides is 2. The van der Waals surface area contributed by atoms with Crippen LogP contribution in [0.15, 0.2) is 0 Å². The molecule has 0 unspecified atom stereocenters. The number of nitrogens with zero attached hydrogens (tertiary/aromatic N) is 2. The lowest BCUT2D eigenvalue weighted by atomic mass is 9.86. The van der Waals surface area contributed by atoms with Crippen LogP contribution >= 0.6 is 0 Å². The number of aliphatic hydroxyl groups is 1. The van der Waals surface area contributed by atoms with Crippen LogP contribution in [-0.4, -0.2) is 66.8 Å². The Balaban J connectivity index is 1.53. The molecule has 1 saturated heterocycles. The first-order chi connectivity index (χ1) is 11.6. The monoisotopic (exact) mass is 339 g/mol. The highest BCUT2D eigenvalue weighted by Crippen LogP contribution is 2.26. The highest BCUT2D eigenvalue weighted by molar-refractivity contribution is 5.74. The van der Waals surface area contributed by atoms with E-state index in [9.17, 15) is 9.90 Å². The molecule has 1 aliphatic heterocycles. The summed E-state index contributed by atoms with van der Waals surface area (Å²) in [6.45, 7) is 7.07. The molecule has 0 aromatic carbocycles. The summed E-state index contributed by atoms with van der Waals surface area (Å²) in [5, 5.41) is 12.3. The van der Waals surface area contributed by atoms with Gasteiger partial charge in [0, 0.05) is 26.2 Å². The van der Waals surface area contributed by atoms with Crippen LogP contribution in [0.4, 0.5) is 4.79 Å². The topological polar surface area (TPSA) is 55.8 Å². The average Bonchev–Trinajstić information content (AvgIpc) is 2.62. The van der Waals surface area contributed by atoms with Gasteiger partial charge in [-0.1, -0.05) is 6.92 Å². The van der Waals surface area contributed by atoms with Crippen molar-refractivity contribution in [1.82, 2.24) is 15.1 Å². The molecule has 0 radical (unpaired) electrons. The molecule has 24 heavy (non-hydrogen) atoms. The predicted molar refractivity (Wildman–Crippen MR) is 98.1 cm³/mol. The molecule has 2 amide bonds. The summed E-state index contributed by atoms with van der Waals surface area (Å²) in [6.07, 6.45) is 8.99. The molecular weight excluding hydrogens is 302 g/mol. The number of hydrogen-bond donors (Lipinski definition) is 2. The smallest absolute Gasteiger partial charge is 0.317 e. The summed E-state index contributed by atoms with van der Waals surface area (Å²) in [4.78, 5) is 16.7. The van der Waals surface area contributed by atoms with Crippen LogP contribution in [0.2, 0.25) is 0 Å². The Hall–Kier alpha value is -0.810. The standard InChI is InChI=1S/C19H37N3O2/c1-16-9-13-22(14-10-16)12-4-3-11-20-19(24)21(2)18-7-5-17(15-23)6-8-18/h16-18,23H,3-15H2,1-2H3,(H,20,24). The summed E-state index contributed by atoms with van der Waals surface area (Å²) < 4.78 is 0. The van der Waals surface area contributed by atoms with Crippen LogP contribution in [0.25, 0.3) is 0 Å². The van der Waals surface area contributed by atoms with E-state index in [4.69, 9.17) is 0 Å². The lowest BCUT2D eigenvalue weighted by Crippen LogP contribution is -2.45. The number of unbranched alkanes of at least 4 members (excludes halogenated alkanes) is 1. The maximum atomic E-state index is 12.2. The molecule has 0 aromatic heterocycles. The van der Waals surface area contributed by atoms with Crippen molar-refractivity contribution in [2.75, 3.05) is 39.8 Å². The second-order valence-electron chi connectivity index (χ2n) is 7.93. The first-order valence-electron chi connectivity index (χ1n) is 9.94. The highest BCUT2D eigenvalue weighted by atomic mass is 16.3. The molecule has 2 rings (SSSR count). The largest absolute Gasteiger partial charge is 0.396 e. The normalized spacial score (nSPS) is 26.3. The molecule has 2 aliphatic rings. The van der Waals surface area contributed by atoms with Crippen LogP contribution in [0.1, 0.15) is 58.3 Å². The van der Waals surface area contributed by atoms with Gasteiger partial charge in [0.05, 0.1) is 0 Å². The molecule has 1 heterocycles. The van der Waals surface area contributed by atoms with E-state index in [0.717, 1.165) is 44.6 Å². The minimum absolute atomic E-state index is 0.0641. The number of likely N-dealkylation sites (tertiary alicyclic amines) is 1. The molecule has 5 nitrogen and oxygen atoms in total. The van der Waals surface area contributed by atoms with Gasteiger partial charge in [0.15, 0.2) is 0 Å². The lowest BCUT2D eigenvalue weighted by Gasteiger charge is -2.34. The van der Waals surface area contributed by atoms with Crippen molar-refractivity contribution in [2.24, 2.45) is 11.8 Å². The van der Waals surface area contributed by atoms with Crippen molar-refractivity contribution >= 4 is 6.03 Å². The van der Waals surface area contributed by atoms with E-state index in [0.29, 0.717) is 18.6 Å². The lowest BCUT2D eigenvalue weighted by molar-refractivity contribution is 0.134. The third-order valence-electron chi connectivity index (χ3n) is 6.00. The Bertz CT molecular complexity index is 362. The quantitative estimate of drug-likeness (QED) is 0.701. The number of urea groups is 1. The molecular formula is C19H37N3O2. The maximum absolute atomic E-state index is 12.2. The number of rotatable bonds is 7. The molecule has 140 valence electrons. The van der Waals surface area contributed by atoms with Crippen LogP contribution in [-0.2, 0) is 0 Å². The first-order valence-corrected chi connectivity index (χ1v) is 9.94. The van der Waals surface area contributed by atoms with Gasteiger partial charge in [-0.05, 0) is 82.8 Å². The Morgan fingerprint density at radius 2 is 1.79 bits per heavy atom. The minimum Gasteiger partial charge on any atom is -0.396 e. The van der Waals surface area contributed by atoms with Crippen molar-refractivity contribution in [3.8, 4) is 0 Å². The fraction of sp³-hybridized carbons (Fsp3) is 0.947. The van der Waals surface area contributed by atoms with E-state index in [1.807, 2.05) is 11.9 Å². The molecule has 1 aliphatic carbocycles. The van der Waals surface area contributed by atoms with E-state index in [-0.39, 0.29) is 6.03 Å². The Kier molecular flexibility index (Phi) is 8.33. The van der Waals surface area contributed by atoms with Gasteiger partial charge in [0.1, 0.15) is 0 Å². The molecule has 0 atom stereocenters. The minimum atomic E-state index is 0.0641. The SMILES string of the molecule is CC1CCN(CCCCNC(=O)N(C)C2CCC(CO)CC2)CC1. The van der Waals surface area contributed by atoms with Gasteiger partial charge in [0.2, 0.25) is 0 Å². The molecule has 0 bridgehead atoms. The fourth-order valence-electron chi connectivity index (χ4n) is 3.95. The summed E-state index contributed by atoms with van der Waals surface area (Å²) in [7, 11) is 1.91. The van der Waals surface area contributed by atoms with Gasteiger partial charge in [-0.3, -0.25) is 0 Å². The molecule has 2 N–H and O–H groups in total. The van der Waals surface area contributed by atoms with Gasteiger partial charge in [-0.15, -0.1) is 0 Å². The van der Waals surface area contributed by atoms with Crippen LogP contribution in [0.5, 0.6) is 0 Å². The van der Waals surface area contributed by atoms with Gasteiger partial charge in [-0.25, -0.2) is 4.79 Å². The van der Waals surface area contributed by atoms with Gasteiger partial charge in [0.25, 0.3) is 0 Å². The zero-order valence-electron chi connectivity index (χ0n) is 15.7. The van der Waals surface area contributed by atoms with E-state index in [1.54, 1.807) is 0 Å². The van der Waals surface area contributed by atoms with Gasteiger partial charge >= 0.3 is 6.03 Å². The van der Waals surface area contributed by atoms with Crippen molar-refractivity contribution in [3.05, 3.63) is 0 Å². The van der Waals surface area contributed by atoms with E-state index >= 15 is 0 Å². The first kappa shape index (κ1) is 19.5. The number of nitrogens with one attached hydrogen (secondary N) is 1. The summed E-state index contributed by atoms with van der Waals surface area (Å²) in [5.74, 6) is 1.33. The fourth-order valence-corrected chi connectivity index (χ4v) is 3.95. The van der Waals surface area contributed by atoms with Gasteiger partial charge in [-0.2, -0.15) is 0 Å². The number of carbonyl (C=O) groups excluding carboxylic acids is 1. The second-order valence-corrected chi connectivity index (χ2v) is 7.93. The van der Waals surface area contributed by atoms with Crippen LogP contribution in [0.3, 0.4) is 0 Å². The zero-order chi connectivity index (χ0) is 17.4. The van der Waals surface area contributed by atoms with Crippen molar-refractivity contribution in [1.29, 1.82) is 0 Å². The van der Waals surface area contributed by atoms with E-state index in [1.165, 1.54) is 38.9 Å². The Morgan fingerprint density at radius 3 is 2.42 bits per heavy atom. The number of hydrogen-bond acceptors (Lipinski definition) is 3. The summed E-state index contributed by atoms with van der Waals surface area (Å²) >= 11 is 0. The van der Waals surface area contributed by atoms with Gasteiger partial charge < -0.3 is 20.2 Å². The zero-order valence-corrected chi connectivity index (χ0v) is 15.7.